The fraction of sp³-hybridized carbons (Fsp3) is 0.217. The van der Waals surface area contributed by atoms with Gasteiger partial charge in [0.25, 0.3) is 5.91 Å². The Morgan fingerprint density at radius 1 is 1.00 bits per heavy atom. The van der Waals surface area contributed by atoms with E-state index in [-0.39, 0.29) is 12.5 Å². The van der Waals surface area contributed by atoms with Crippen LogP contribution in [0.15, 0.2) is 65.8 Å². The molecule has 0 N–H and O–H groups in total. The maximum Gasteiger partial charge on any atom is 0.267 e. The first-order valence-electron chi connectivity index (χ1n) is 9.33. The fourth-order valence-corrected chi connectivity index (χ4v) is 3.13. The van der Waals surface area contributed by atoms with E-state index in [2.05, 4.69) is 5.16 Å². The smallest absolute Gasteiger partial charge is 0.267 e. The number of amides is 1. The van der Waals surface area contributed by atoms with E-state index in [0.717, 1.165) is 22.0 Å². The first-order chi connectivity index (χ1) is 14.2. The number of fused-ring (bicyclic) bond motifs is 1. The summed E-state index contributed by atoms with van der Waals surface area (Å²) in [7, 11) is 3.15. The summed E-state index contributed by atoms with van der Waals surface area (Å²) in [5, 5.41) is 6.03. The zero-order chi connectivity index (χ0) is 20.6. The topological polar surface area (TPSA) is 60.4 Å². The maximum atomic E-state index is 12.7. The Bertz CT molecular complexity index is 1010. The number of ether oxygens (including phenoxy) is 2. The lowest BCUT2D eigenvalue weighted by molar-refractivity contribution is -0.123. The largest absolute Gasteiger partial charge is 0.493 e. The second-order valence-electron chi connectivity index (χ2n) is 6.26. The predicted molar refractivity (Wildman–Crippen MR) is 115 cm³/mol. The third-order valence-corrected chi connectivity index (χ3v) is 4.55. The number of hydrogen-bond donors (Lipinski definition) is 0. The van der Waals surface area contributed by atoms with Gasteiger partial charge in [-0.05, 0) is 36.6 Å². The zero-order valence-corrected chi connectivity index (χ0v) is 16.8. The first kappa shape index (κ1) is 20.2. The van der Waals surface area contributed by atoms with Crippen molar-refractivity contribution in [1.29, 1.82) is 0 Å². The molecule has 29 heavy (non-hydrogen) atoms. The molecule has 0 heterocycles. The van der Waals surface area contributed by atoms with Crippen molar-refractivity contribution in [3.63, 3.8) is 0 Å². The molecule has 3 rings (SSSR count). The standard InChI is InChI=1S/C23H24N2O4/c1-4-25(20-11-7-9-18-8-5-6-10-19(18)20)23(26)16-29-24-15-17-12-13-21(27-2)22(14-17)28-3/h5-15H,4,16H2,1-3H3/b24-15+. The number of carbonyl (C=O) groups is 1. The average molecular weight is 392 g/mol. The highest BCUT2D eigenvalue weighted by Gasteiger charge is 2.16. The Hall–Kier alpha value is -3.54. The predicted octanol–water partition coefficient (Wildman–Crippen LogP) is 4.26. The molecule has 0 atom stereocenters. The van der Waals surface area contributed by atoms with Crippen molar-refractivity contribution in [2.75, 3.05) is 32.3 Å². The van der Waals surface area contributed by atoms with Crippen molar-refractivity contribution in [2.24, 2.45) is 5.16 Å². The van der Waals surface area contributed by atoms with Crippen LogP contribution in [0.2, 0.25) is 0 Å². The van der Waals surface area contributed by atoms with E-state index in [1.165, 1.54) is 6.21 Å². The van der Waals surface area contributed by atoms with Crippen LogP contribution < -0.4 is 14.4 Å². The molecule has 0 aliphatic heterocycles. The molecule has 0 bridgehead atoms. The van der Waals surface area contributed by atoms with Crippen LogP contribution in [0.5, 0.6) is 11.5 Å². The summed E-state index contributed by atoms with van der Waals surface area (Å²) in [6.45, 7) is 2.32. The second-order valence-corrected chi connectivity index (χ2v) is 6.26. The number of hydrogen-bond acceptors (Lipinski definition) is 5. The van der Waals surface area contributed by atoms with Crippen LogP contribution in [-0.4, -0.2) is 39.5 Å². The number of nitrogens with zero attached hydrogens (tertiary/aromatic N) is 2. The van der Waals surface area contributed by atoms with Gasteiger partial charge in [-0.1, -0.05) is 41.6 Å². The third kappa shape index (κ3) is 4.66. The van der Waals surface area contributed by atoms with Gasteiger partial charge in [-0.2, -0.15) is 0 Å². The number of anilines is 1. The zero-order valence-electron chi connectivity index (χ0n) is 16.8. The molecule has 0 unspecified atom stereocenters. The minimum atomic E-state index is -0.159. The highest BCUT2D eigenvalue weighted by molar-refractivity contribution is 6.04. The van der Waals surface area contributed by atoms with E-state index in [1.54, 1.807) is 31.3 Å². The van der Waals surface area contributed by atoms with E-state index in [0.29, 0.717) is 18.0 Å². The highest BCUT2D eigenvalue weighted by Crippen LogP contribution is 2.27. The first-order valence-corrected chi connectivity index (χ1v) is 9.33. The Labute approximate surface area is 170 Å². The number of oxime groups is 1. The minimum Gasteiger partial charge on any atom is -0.493 e. The molecule has 3 aromatic carbocycles. The van der Waals surface area contributed by atoms with Gasteiger partial charge in [0.2, 0.25) is 0 Å². The summed E-state index contributed by atoms with van der Waals surface area (Å²) < 4.78 is 10.5. The number of likely N-dealkylation sites (N-methyl/N-ethyl adjacent to an activating group) is 1. The van der Waals surface area contributed by atoms with E-state index < -0.39 is 0 Å². The van der Waals surface area contributed by atoms with Gasteiger partial charge in [-0.3, -0.25) is 4.79 Å². The molecular formula is C23H24N2O4. The van der Waals surface area contributed by atoms with Crippen molar-refractivity contribution < 1.29 is 19.1 Å². The fourth-order valence-electron chi connectivity index (χ4n) is 3.13. The molecule has 6 nitrogen and oxygen atoms in total. The molecule has 150 valence electrons. The van der Waals surface area contributed by atoms with Crippen LogP contribution in [-0.2, 0) is 9.63 Å². The van der Waals surface area contributed by atoms with Gasteiger partial charge in [-0.15, -0.1) is 0 Å². The summed E-state index contributed by atoms with van der Waals surface area (Å²) in [6.07, 6.45) is 1.53. The number of methoxy groups -OCH3 is 2. The number of rotatable bonds is 8. The SMILES string of the molecule is CCN(C(=O)CO/N=C/c1ccc(OC)c(OC)c1)c1cccc2ccccc12. The molecule has 0 saturated heterocycles. The van der Waals surface area contributed by atoms with Gasteiger partial charge in [0, 0.05) is 17.5 Å². The average Bonchev–Trinajstić information content (AvgIpc) is 2.77. The number of benzene rings is 3. The van der Waals surface area contributed by atoms with Crippen LogP contribution in [0.1, 0.15) is 12.5 Å². The Balaban J connectivity index is 1.67. The van der Waals surface area contributed by atoms with Gasteiger partial charge in [0.15, 0.2) is 18.1 Å². The van der Waals surface area contributed by atoms with E-state index in [9.17, 15) is 4.79 Å². The van der Waals surface area contributed by atoms with Crippen molar-refractivity contribution >= 4 is 28.6 Å². The third-order valence-electron chi connectivity index (χ3n) is 4.55. The van der Waals surface area contributed by atoms with Crippen LogP contribution in [0.3, 0.4) is 0 Å². The molecule has 1 amide bonds. The molecule has 3 aromatic rings. The van der Waals surface area contributed by atoms with Crippen LogP contribution >= 0.6 is 0 Å². The van der Waals surface area contributed by atoms with Gasteiger partial charge in [-0.25, -0.2) is 0 Å². The molecular weight excluding hydrogens is 368 g/mol. The summed E-state index contributed by atoms with van der Waals surface area (Å²) in [6, 6.07) is 19.3. The quantitative estimate of drug-likeness (QED) is 0.424. The van der Waals surface area contributed by atoms with E-state index in [4.69, 9.17) is 14.3 Å². The maximum absolute atomic E-state index is 12.7. The summed E-state index contributed by atoms with van der Waals surface area (Å²) >= 11 is 0. The molecule has 0 aromatic heterocycles. The lowest BCUT2D eigenvalue weighted by Crippen LogP contribution is -2.33. The summed E-state index contributed by atoms with van der Waals surface area (Å²) in [5.74, 6) is 1.07. The van der Waals surface area contributed by atoms with Crippen molar-refractivity contribution in [1.82, 2.24) is 0 Å². The van der Waals surface area contributed by atoms with E-state index >= 15 is 0 Å². The second kappa shape index (κ2) is 9.59. The molecule has 0 spiro atoms. The number of carbonyl (C=O) groups excluding carboxylic acids is 1. The minimum absolute atomic E-state index is 0.152. The van der Waals surface area contributed by atoms with Crippen LogP contribution in [0, 0.1) is 0 Å². The van der Waals surface area contributed by atoms with Crippen molar-refractivity contribution in [3.8, 4) is 11.5 Å². The van der Waals surface area contributed by atoms with Crippen molar-refractivity contribution in [3.05, 3.63) is 66.2 Å². The highest BCUT2D eigenvalue weighted by atomic mass is 16.6. The Morgan fingerprint density at radius 3 is 2.52 bits per heavy atom. The van der Waals surface area contributed by atoms with E-state index in [1.807, 2.05) is 55.5 Å². The molecule has 0 fully saturated rings. The molecule has 0 saturated carbocycles. The summed E-state index contributed by atoms with van der Waals surface area (Å²) in [4.78, 5) is 19.7. The molecule has 0 aliphatic rings. The lowest BCUT2D eigenvalue weighted by atomic mass is 10.1. The van der Waals surface area contributed by atoms with Crippen molar-refractivity contribution in [2.45, 2.75) is 6.92 Å². The normalized spacial score (nSPS) is 10.9. The van der Waals surface area contributed by atoms with Crippen LogP contribution in [0.4, 0.5) is 5.69 Å². The lowest BCUT2D eigenvalue weighted by Gasteiger charge is -2.22. The molecule has 0 radical (unpaired) electrons. The Kier molecular flexibility index (Phi) is 6.68. The van der Waals surface area contributed by atoms with Gasteiger partial charge >= 0.3 is 0 Å². The van der Waals surface area contributed by atoms with Gasteiger partial charge in [0.05, 0.1) is 26.1 Å². The Morgan fingerprint density at radius 2 is 1.76 bits per heavy atom. The van der Waals surface area contributed by atoms with Gasteiger partial charge in [0.1, 0.15) is 0 Å². The van der Waals surface area contributed by atoms with Crippen LogP contribution in [0.25, 0.3) is 10.8 Å². The van der Waals surface area contributed by atoms with Gasteiger partial charge < -0.3 is 19.2 Å². The summed E-state index contributed by atoms with van der Waals surface area (Å²) in [5.41, 5.74) is 1.64. The monoisotopic (exact) mass is 392 g/mol. The molecule has 6 heteroatoms. The molecule has 0 aliphatic carbocycles.